The van der Waals surface area contributed by atoms with Gasteiger partial charge in [0, 0.05) is 0 Å². The van der Waals surface area contributed by atoms with E-state index in [0.29, 0.717) is 13.2 Å². The van der Waals surface area contributed by atoms with E-state index in [2.05, 4.69) is 65.0 Å². The van der Waals surface area contributed by atoms with Gasteiger partial charge in [-0.2, -0.15) is 0 Å². The molecule has 0 amide bonds. The van der Waals surface area contributed by atoms with Gasteiger partial charge in [0.15, 0.2) is 0 Å². The maximum atomic E-state index is 5.97. The van der Waals surface area contributed by atoms with Crippen LogP contribution in [-0.4, -0.2) is 38.6 Å². The first-order valence-electron chi connectivity index (χ1n) is 10.3. The van der Waals surface area contributed by atoms with Gasteiger partial charge in [-0.05, 0) is 97.8 Å². The van der Waals surface area contributed by atoms with Crippen LogP contribution in [0.2, 0.25) is 0 Å². The third kappa shape index (κ3) is 5.01. The van der Waals surface area contributed by atoms with Crippen LogP contribution in [-0.2, 0) is 9.47 Å². The Morgan fingerprint density at radius 1 is 0.828 bits per heavy atom. The molecule has 2 aliphatic heterocycles. The van der Waals surface area contributed by atoms with Gasteiger partial charge in [-0.25, -0.2) is 0 Å². The first-order valence-corrected chi connectivity index (χ1v) is 10.3. The lowest BCUT2D eigenvalue weighted by molar-refractivity contribution is 0.260. The number of allylic oxidation sites excluding steroid dienone is 1. The Bertz CT molecular complexity index is 890. The van der Waals surface area contributed by atoms with Gasteiger partial charge in [0.25, 0.3) is 0 Å². The van der Waals surface area contributed by atoms with Crippen molar-refractivity contribution in [3.8, 4) is 11.5 Å². The summed E-state index contributed by atoms with van der Waals surface area (Å²) >= 11 is 0. The molecule has 154 valence electrons. The summed E-state index contributed by atoms with van der Waals surface area (Å²) in [6, 6.07) is 8.78. The molecule has 0 saturated carbocycles. The van der Waals surface area contributed by atoms with E-state index in [4.69, 9.17) is 18.9 Å². The molecule has 29 heavy (non-hydrogen) atoms. The third-order valence-electron chi connectivity index (χ3n) is 5.41. The molecule has 0 aromatic heterocycles. The number of hydrogen-bond acceptors (Lipinski definition) is 4. The number of epoxide rings is 2. The summed E-state index contributed by atoms with van der Waals surface area (Å²) in [7, 11) is 0. The molecule has 0 bridgehead atoms. The van der Waals surface area contributed by atoms with Crippen molar-refractivity contribution in [2.45, 2.75) is 46.8 Å². The minimum absolute atomic E-state index is 0.269. The minimum atomic E-state index is 0.269. The van der Waals surface area contributed by atoms with E-state index < -0.39 is 0 Å². The van der Waals surface area contributed by atoms with Crippen LogP contribution in [0.1, 0.15) is 40.3 Å². The molecule has 2 fully saturated rings. The van der Waals surface area contributed by atoms with Crippen LogP contribution in [0.25, 0.3) is 11.6 Å². The molecule has 4 heteroatoms. The van der Waals surface area contributed by atoms with Crippen LogP contribution in [0.4, 0.5) is 0 Å². The summed E-state index contributed by atoms with van der Waals surface area (Å²) in [5.74, 6) is 1.95. The van der Waals surface area contributed by atoms with Crippen molar-refractivity contribution >= 4 is 11.6 Å². The van der Waals surface area contributed by atoms with E-state index in [1.807, 2.05) is 0 Å². The lowest BCUT2D eigenvalue weighted by Gasteiger charge is -2.15. The fraction of sp³-hybridized carbons (Fsp3) is 0.440. The van der Waals surface area contributed by atoms with Gasteiger partial charge < -0.3 is 18.9 Å². The van der Waals surface area contributed by atoms with E-state index in [1.54, 1.807) is 0 Å². The summed E-state index contributed by atoms with van der Waals surface area (Å²) in [6.45, 7) is 13.5. The second kappa shape index (κ2) is 8.21. The van der Waals surface area contributed by atoms with Gasteiger partial charge in [0.05, 0.1) is 13.2 Å². The van der Waals surface area contributed by atoms with Crippen LogP contribution in [0.5, 0.6) is 11.5 Å². The molecule has 0 radical (unpaired) electrons. The van der Waals surface area contributed by atoms with Crippen LogP contribution >= 0.6 is 0 Å². The Hall–Kier alpha value is -2.30. The molecule has 2 saturated heterocycles. The standard InChI is InChI=1S/C25H30O4/c1-15(21-9-18(4)25(19(5)10-21)29-14-23-12-27-23)6-20-7-16(2)24(17(3)8-20)28-13-22-11-26-22/h6-10,22-23H,11-14H2,1-5H3. The van der Waals surface area contributed by atoms with Gasteiger partial charge in [0.1, 0.15) is 36.9 Å². The number of hydrogen-bond donors (Lipinski definition) is 0. The number of ether oxygens (including phenoxy) is 4. The summed E-state index contributed by atoms with van der Waals surface area (Å²) < 4.78 is 22.4. The number of rotatable bonds is 8. The Morgan fingerprint density at radius 2 is 1.24 bits per heavy atom. The molecule has 2 aromatic carbocycles. The van der Waals surface area contributed by atoms with Crippen molar-refractivity contribution in [1.29, 1.82) is 0 Å². The molecule has 2 atom stereocenters. The summed E-state index contributed by atoms with van der Waals surface area (Å²) in [5.41, 5.74) is 8.27. The van der Waals surface area contributed by atoms with Crippen LogP contribution in [0.15, 0.2) is 24.3 Å². The average molecular weight is 395 g/mol. The zero-order valence-corrected chi connectivity index (χ0v) is 18.0. The van der Waals surface area contributed by atoms with Crippen molar-refractivity contribution in [2.75, 3.05) is 26.4 Å². The molecule has 0 spiro atoms. The van der Waals surface area contributed by atoms with Gasteiger partial charge in [-0.3, -0.25) is 0 Å². The Kier molecular flexibility index (Phi) is 5.66. The van der Waals surface area contributed by atoms with E-state index in [9.17, 15) is 0 Å². The lowest BCUT2D eigenvalue weighted by Crippen LogP contribution is -2.06. The van der Waals surface area contributed by atoms with E-state index >= 15 is 0 Å². The Morgan fingerprint density at radius 3 is 1.66 bits per heavy atom. The molecule has 0 N–H and O–H groups in total. The van der Waals surface area contributed by atoms with Gasteiger partial charge >= 0.3 is 0 Å². The Labute approximate surface area is 173 Å². The quantitative estimate of drug-likeness (QED) is 0.465. The second-order valence-corrected chi connectivity index (χ2v) is 8.28. The monoisotopic (exact) mass is 394 g/mol. The first-order chi connectivity index (χ1) is 13.9. The molecular formula is C25H30O4. The summed E-state index contributed by atoms with van der Waals surface area (Å²) in [6.07, 6.45) is 2.77. The van der Waals surface area contributed by atoms with E-state index in [1.165, 1.54) is 16.7 Å². The molecule has 0 aliphatic carbocycles. The zero-order valence-electron chi connectivity index (χ0n) is 18.0. The van der Waals surface area contributed by atoms with Gasteiger partial charge in [0.2, 0.25) is 0 Å². The molecule has 2 aromatic rings. The fourth-order valence-electron chi connectivity index (χ4n) is 3.71. The maximum Gasteiger partial charge on any atom is 0.125 e. The zero-order chi connectivity index (χ0) is 20.5. The summed E-state index contributed by atoms with van der Waals surface area (Å²) in [5, 5.41) is 0. The number of benzene rings is 2. The molecular weight excluding hydrogens is 364 g/mol. The average Bonchev–Trinajstić information content (AvgIpc) is 3.55. The van der Waals surface area contributed by atoms with Crippen LogP contribution in [0, 0.1) is 27.7 Å². The maximum absolute atomic E-state index is 5.97. The van der Waals surface area contributed by atoms with Crippen LogP contribution < -0.4 is 9.47 Å². The fourth-order valence-corrected chi connectivity index (χ4v) is 3.71. The van der Waals surface area contributed by atoms with Crippen molar-refractivity contribution in [3.63, 3.8) is 0 Å². The van der Waals surface area contributed by atoms with Crippen LogP contribution in [0.3, 0.4) is 0 Å². The highest BCUT2D eigenvalue weighted by Gasteiger charge is 2.24. The largest absolute Gasteiger partial charge is 0.490 e. The SMILES string of the molecule is CC(=Cc1cc(C)c(OCC2CO2)c(C)c1)c1cc(C)c(OCC2CO2)c(C)c1. The topological polar surface area (TPSA) is 43.5 Å². The lowest BCUT2D eigenvalue weighted by atomic mass is 9.97. The molecule has 2 heterocycles. The highest BCUT2D eigenvalue weighted by molar-refractivity contribution is 5.81. The summed E-state index contributed by atoms with van der Waals surface area (Å²) in [4.78, 5) is 0. The van der Waals surface area contributed by atoms with Gasteiger partial charge in [-0.15, -0.1) is 0 Å². The third-order valence-corrected chi connectivity index (χ3v) is 5.41. The molecule has 4 rings (SSSR count). The smallest absolute Gasteiger partial charge is 0.125 e. The highest BCUT2D eigenvalue weighted by atomic mass is 16.6. The second-order valence-electron chi connectivity index (χ2n) is 8.28. The molecule has 4 nitrogen and oxygen atoms in total. The Balaban J connectivity index is 1.52. The van der Waals surface area contributed by atoms with E-state index in [0.717, 1.165) is 47.0 Å². The van der Waals surface area contributed by atoms with Crippen molar-refractivity contribution in [1.82, 2.24) is 0 Å². The molecule has 2 unspecified atom stereocenters. The minimum Gasteiger partial charge on any atom is -0.490 e. The predicted molar refractivity (Wildman–Crippen MR) is 116 cm³/mol. The van der Waals surface area contributed by atoms with Crippen molar-refractivity contribution in [2.24, 2.45) is 0 Å². The molecule has 2 aliphatic rings. The predicted octanol–water partition coefficient (Wildman–Crippen LogP) is 5.04. The van der Waals surface area contributed by atoms with Gasteiger partial charge in [-0.1, -0.05) is 6.08 Å². The normalized spacial score (nSPS) is 20.5. The van der Waals surface area contributed by atoms with Crippen molar-refractivity contribution < 1.29 is 18.9 Å². The van der Waals surface area contributed by atoms with E-state index in [-0.39, 0.29) is 12.2 Å². The number of aryl methyl sites for hydroxylation is 4. The first kappa shape index (κ1) is 20.0. The van der Waals surface area contributed by atoms with Crippen molar-refractivity contribution in [3.05, 3.63) is 57.6 Å². The highest BCUT2D eigenvalue weighted by Crippen LogP contribution is 2.31.